The van der Waals surface area contributed by atoms with E-state index in [1.807, 2.05) is 24.3 Å². The molecule has 5 heteroatoms. The number of para-hydroxylation sites is 1. The molecule has 5 nitrogen and oxygen atoms in total. The van der Waals surface area contributed by atoms with Crippen LogP contribution in [0.25, 0.3) is 11.3 Å². The van der Waals surface area contributed by atoms with Crippen molar-refractivity contribution in [3.63, 3.8) is 0 Å². The second-order valence-corrected chi connectivity index (χ2v) is 3.56. The van der Waals surface area contributed by atoms with Crippen molar-refractivity contribution in [2.24, 2.45) is 0 Å². The van der Waals surface area contributed by atoms with Crippen LogP contribution < -0.4 is 14.8 Å². The van der Waals surface area contributed by atoms with Crippen molar-refractivity contribution >= 4 is 5.95 Å². The number of hydrogen-bond donors (Lipinski definition) is 1. The lowest BCUT2D eigenvalue weighted by Crippen LogP contribution is -1.98. The monoisotopic (exact) mass is 245 g/mol. The molecule has 94 valence electrons. The van der Waals surface area contributed by atoms with Crippen LogP contribution in [0.2, 0.25) is 0 Å². The van der Waals surface area contributed by atoms with Crippen LogP contribution >= 0.6 is 0 Å². The van der Waals surface area contributed by atoms with E-state index >= 15 is 0 Å². The van der Waals surface area contributed by atoms with Crippen molar-refractivity contribution in [3.05, 3.63) is 30.5 Å². The maximum Gasteiger partial charge on any atom is 0.222 e. The highest BCUT2D eigenvalue weighted by atomic mass is 16.5. The topological polar surface area (TPSA) is 56.3 Å². The Bertz CT molecular complexity index is 544. The Balaban J connectivity index is 2.55. The van der Waals surface area contributed by atoms with Crippen molar-refractivity contribution in [1.82, 2.24) is 9.97 Å². The van der Waals surface area contributed by atoms with Gasteiger partial charge in [0.1, 0.15) is 0 Å². The average Bonchev–Trinajstić information content (AvgIpc) is 2.46. The zero-order chi connectivity index (χ0) is 13.0. The molecule has 0 aliphatic carbocycles. The summed E-state index contributed by atoms with van der Waals surface area (Å²) < 4.78 is 10.7. The number of aromatic nitrogens is 2. The Hall–Kier alpha value is -2.30. The molecule has 0 saturated heterocycles. The largest absolute Gasteiger partial charge is 0.493 e. The summed E-state index contributed by atoms with van der Waals surface area (Å²) >= 11 is 0. The first-order chi connectivity index (χ1) is 8.80. The fourth-order valence-electron chi connectivity index (χ4n) is 1.72. The van der Waals surface area contributed by atoms with Crippen LogP contribution in [0.4, 0.5) is 5.95 Å². The van der Waals surface area contributed by atoms with E-state index in [9.17, 15) is 0 Å². The van der Waals surface area contributed by atoms with Crippen LogP contribution in [0, 0.1) is 0 Å². The molecule has 18 heavy (non-hydrogen) atoms. The van der Waals surface area contributed by atoms with Gasteiger partial charge in [-0.25, -0.2) is 9.97 Å². The second kappa shape index (κ2) is 5.35. The number of methoxy groups -OCH3 is 2. The molecule has 0 aliphatic heterocycles. The van der Waals surface area contributed by atoms with Gasteiger partial charge in [-0.3, -0.25) is 0 Å². The SMILES string of the molecule is CNc1nccc(-c2cccc(OC)c2OC)n1. The van der Waals surface area contributed by atoms with Crippen molar-refractivity contribution in [2.75, 3.05) is 26.6 Å². The average molecular weight is 245 g/mol. The predicted molar refractivity (Wildman–Crippen MR) is 70.1 cm³/mol. The quantitative estimate of drug-likeness (QED) is 0.895. The highest BCUT2D eigenvalue weighted by Gasteiger charge is 2.12. The number of hydrogen-bond acceptors (Lipinski definition) is 5. The summed E-state index contributed by atoms with van der Waals surface area (Å²) in [4.78, 5) is 8.47. The van der Waals surface area contributed by atoms with Crippen LogP contribution in [0.3, 0.4) is 0 Å². The highest BCUT2D eigenvalue weighted by molar-refractivity contribution is 5.71. The molecule has 0 amide bonds. The maximum atomic E-state index is 5.39. The molecule has 1 aromatic heterocycles. The molecule has 0 unspecified atom stereocenters. The van der Waals surface area contributed by atoms with Crippen LogP contribution in [-0.2, 0) is 0 Å². The van der Waals surface area contributed by atoms with E-state index < -0.39 is 0 Å². The van der Waals surface area contributed by atoms with Crippen molar-refractivity contribution in [3.8, 4) is 22.8 Å². The Morgan fingerprint density at radius 1 is 1.11 bits per heavy atom. The molecule has 0 fully saturated rings. The molecule has 0 atom stereocenters. The van der Waals surface area contributed by atoms with Crippen molar-refractivity contribution in [1.29, 1.82) is 0 Å². The van der Waals surface area contributed by atoms with E-state index in [1.54, 1.807) is 27.5 Å². The molecule has 2 aromatic rings. The number of benzene rings is 1. The van der Waals surface area contributed by atoms with E-state index in [4.69, 9.17) is 9.47 Å². The van der Waals surface area contributed by atoms with Gasteiger partial charge in [0.25, 0.3) is 0 Å². The maximum absolute atomic E-state index is 5.39. The molecule has 0 bridgehead atoms. The second-order valence-electron chi connectivity index (χ2n) is 3.56. The van der Waals surface area contributed by atoms with Gasteiger partial charge < -0.3 is 14.8 Å². The summed E-state index contributed by atoms with van der Waals surface area (Å²) in [7, 11) is 5.00. The zero-order valence-electron chi connectivity index (χ0n) is 10.6. The van der Waals surface area contributed by atoms with Gasteiger partial charge in [0.15, 0.2) is 11.5 Å². The first-order valence-electron chi connectivity index (χ1n) is 5.52. The number of ether oxygens (including phenoxy) is 2. The Morgan fingerprint density at radius 3 is 2.61 bits per heavy atom. The molecule has 0 aliphatic rings. The summed E-state index contributed by atoms with van der Waals surface area (Å²) in [6.45, 7) is 0. The van der Waals surface area contributed by atoms with Gasteiger partial charge in [-0.2, -0.15) is 0 Å². The molecule has 0 spiro atoms. The smallest absolute Gasteiger partial charge is 0.222 e. The van der Waals surface area contributed by atoms with Gasteiger partial charge >= 0.3 is 0 Å². The number of anilines is 1. The standard InChI is InChI=1S/C13H15N3O2/c1-14-13-15-8-7-10(16-13)9-5-4-6-11(17-2)12(9)18-3/h4-8H,1-3H3,(H,14,15,16). The van der Waals surface area contributed by atoms with Crippen LogP contribution in [0.1, 0.15) is 0 Å². The van der Waals surface area contributed by atoms with Gasteiger partial charge in [0.05, 0.1) is 19.9 Å². The van der Waals surface area contributed by atoms with E-state index in [-0.39, 0.29) is 0 Å². The summed E-state index contributed by atoms with van der Waals surface area (Å²) in [5, 5.41) is 2.91. The van der Waals surface area contributed by atoms with Gasteiger partial charge in [-0.15, -0.1) is 0 Å². The lowest BCUT2D eigenvalue weighted by Gasteiger charge is -2.12. The van der Waals surface area contributed by atoms with Crippen molar-refractivity contribution < 1.29 is 9.47 Å². The Morgan fingerprint density at radius 2 is 1.94 bits per heavy atom. The van der Waals surface area contributed by atoms with E-state index in [0.29, 0.717) is 17.4 Å². The van der Waals surface area contributed by atoms with Gasteiger partial charge in [-0.1, -0.05) is 6.07 Å². The first kappa shape index (κ1) is 12.2. The third-order valence-electron chi connectivity index (χ3n) is 2.56. The highest BCUT2D eigenvalue weighted by Crippen LogP contribution is 2.36. The first-order valence-corrected chi connectivity index (χ1v) is 5.52. The summed E-state index contributed by atoms with van der Waals surface area (Å²) in [6.07, 6.45) is 1.70. The fourth-order valence-corrected chi connectivity index (χ4v) is 1.72. The van der Waals surface area contributed by atoms with Gasteiger partial charge in [-0.05, 0) is 18.2 Å². The van der Waals surface area contributed by atoms with Crippen LogP contribution in [0.5, 0.6) is 11.5 Å². The molecule has 2 rings (SSSR count). The summed E-state index contributed by atoms with van der Waals surface area (Å²) in [5.74, 6) is 1.91. The molecular weight excluding hydrogens is 230 g/mol. The fraction of sp³-hybridized carbons (Fsp3) is 0.231. The minimum absolute atomic E-state index is 0.567. The van der Waals surface area contributed by atoms with Crippen LogP contribution in [-0.4, -0.2) is 31.2 Å². The molecule has 0 radical (unpaired) electrons. The number of nitrogens with one attached hydrogen (secondary N) is 1. The van der Waals surface area contributed by atoms with Gasteiger partial charge in [0, 0.05) is 18.8 Å². The minimum Gasteiger partial charge on any atom is -0.493 e. The zero-order valence-corrected chi connectivity index (χ0v) is 10.6. The third kappa shape index (κ3) is 2.20. The minimum atomic E-state index is 0.567. The Labute approximate surface area is 106 Å². The van der Waals surface area contributed by atoms with E-state index in [1.165, 1.54) is 0 Å². The number of nitrogens with zero attached hydrogens (tertiary/aromatic N) is 2. The van der Waals surface area contributed by atoms with E-state index in [0.717, 1.165) is 11.3 Å². The molecule has 0 saturated carbocycles. The summed E-state index contributed by atoms with van der Waals surface area (Å²) in [5.41, 5.74) is 1.65. The third-order valence-corrected chi connectivity index (χ3v) is 2.56. The van der Waals surface area contributed by atoms with E-state index in [2.05, 4.69) is 15.3 Å². The summed E-state index contributed by atoms with van der Waals surface area (Å²) in [6, 6.07) is 7.52. The normalized spacial score (nSPS) is 9.94. The molecule has 1 N–H and O–H groups in total. The molecular formula is C13H15N3O2. The predicted octanol–water partition coefficient (Wildman–Crippen LogP) is 2.20. The van der Waals surface area contributed by atoms with Gasteiger partial charge in [0.2, 0.25) is 5.95 Å². The number of rotatable bonds is 4. The Kier molecular flexibility index (Phi) is 3.62. The molecule has 1 aromatic carbocycles. The van der Waals surface area contributed by atoms with Crippen LogP contribution in [0.15, 0.2) is 30.5 Å². The van der Waals surface area contributed by atoms with Crippen molar-refractivity contribution in [2.45, 2.75) is 0 Å². The molecule has 1 heterocycles. The lowest BCUT2D eigenvalue weighted by atomic mass is 10.1. The lowest BCUT2D eigenvalue weighted by molar-refractivity contribution is 0.356.